The summed E-state index contributed by atoms with van der Waals surface area (Å²) in [4.78, 5) is 11.8. The molecule has 0 radical (unpaired) electrons. The molecule has 2 atom stereocenters. The first-order chi connectivity index (χ1) is 15.4. The molecule has 1 aromatic rings. The van der Waals surface area contributed by atoms with Crippen molar-refractivity contribution in [3.63, 3.8) is 0 Å². The van der Waals surface area contributed by atoms with E-state index >= 15 is 0 Å². The molecule has 0 saturated heterocycles. The maximum absolute atomic E-state index is 11.8. The van der Waals surface area contributed by atoms with Crippen LogP contribution in [0.1, 0.15) is 52.7 Å². The summed E-state index contributed by atoms with van der Waals surface area (Å²) in [5.74, 6) is 0.228. The molecule has 4 heteroatoms. The third kappa shape index (κ3) is 9.27. The molecule has 33 heavy (non-hydrogen) atoms. The zero-order chi connectivity index (χ0) is 25.2. The first-order valence-electron chi connectivity index (χ1n) is 11.3. The van der Waals surface area contributed by atoms with Crippen molar-refractivity contribution in [3.8, 4) is 0 Å². The van der Waals surface area contributed by atoms with Crippen LogP contribution in [0.5, 0.6) is 0 Å². The smallest absolute Gasteiger partial charge is 0.333 e. The molecule has 0 saturated carbocycles. The Morgan fingerprint density at radius 1 is 1.03 bits per heavy atom. The van der Waals surface area contributed by atoms with Gasteiger partial charge < -0.3 is 14.2 Å². The van der Waals surface area contributed by atoms with Gasteiger partial charge in [0.1, 0.15) is 25.1 Å². The average Bonchev–Trinajstić information content (AvgIpc) is 2.76. The van der Waals surface area contributed by atoms with Gasteiger partial charge in [-0.1, -0.05) is 75.1 Å². The lowest BCUT2D eigenvalue weighted by atomic mass is 9.78. The summed E-state index contributed by atoms with van der Waals surface area (Å²) in [6.07, 6.45) is 5.11. The number of carbonyl (C=O) groups is 1. The molecule has 0 fully saturated rings. The van der Waals surface area contributed by atoms with Crippen LogP contribution in [0.2, 0.25) is 0 Å². The number of rotatable bonds is 13. The Hall–Kier alpha value is -2.85. The highest BCUT2D eigenvalue weighted by molar-refractivity contribution is 5.86. The molecule has 1 aromatic carbocycles. The molecule has 180 valence electrons. The van der Waals surface area contributed by atoms with E-state index in [1.54, 1.807) is 6.92 Å². The van der Waals surface area contributed by atoms with E-state index < -0.39 is 12.1 Å². The van der Waals surface area contributed by atoms with Gasteiger partial charge in [0.05, 0.1) is 6.10 Å². The van der Waals surface area contributed by atoms with Crippen LogP contribution in [0.15, 0.2) is 84.7 Å². The predicted molar refractivity (Wildman–Crippen MR) is 137 cm³/mol. The lowest BCUT2D eigenvalue weighted by Crippen LogP contribution is -2.31. The highest BCUT2D eigenvalue weighted by Crippen LogP contribution is 2.31. The number of benzene rings is 1. The minimum Gasteiger partial charge on any atom is -0.491 e. The minimum absolute atomic E-state index is 0.0667. The van der Waals surface area contributed by atoms with E-state index in [0.717, 1.165) is 11.1 Å². The van der Waals surface area contributed by atoms with Gasteiger partial charge in [0, 0.05) is 11.0 Å². The summed E-state index contributed by atoms with van der Waals surface area (Å²) in [7, 11) is 0. The van der Waals surface area contributed by atoms with Crippen molar-refractivity contribution >= 4 is 5.97 Å². The fourth-order valence-corrected chi connectivity index (χ4v) is 2.79. The zero-order valence-corrected chi connectivity index (χ0v) is 21.4. The quantitative estimate of drug-likeness (QED) is 0.109. The van der Waals surface area contributed by atoms with Crippen molar-refractivity contribution in [3.05, 3.63) is 95.8 Å². The molecule has 0 spiro atoms. The molecule has 0 heterocycles. The maximum Gasteiger partial charge on any atom is 0.333 e. The first kappa shape index (κ1) is 28.2. The van der Waals surface area contributed by atoms with Crippen LogP contribution in [0.3, 0.4) is 0 Å². The summed E-state index contributed by atoms with van der Waals surface area (Å²) >= 11 is 0. The van der Waals surface area contributed by atoms with Gasteiger partial charge >= 0.3 is 5.97 Å². The molecule has 0 bridgehead atoms. The van der Waals surface area contributed by atoms with Crippen LogP contribution in [0.4, 0.5) is 0 Å². The number of hydrogen-bond acceptors (Lipinski definition) is 4. The highest BCUT2D eigenvalue weighted by Gasteiger charge is 2.23. The molecule has 0 amide bonds. The molecule has 0 aliphatic carbocycles. The van der Waals surface area contributed by atoms with Crippen molar-refractivity contribution in [2.45, 2.75) is 66.1 Å². The molecular weight excluding hydrogens is 412 g/mol. The van der Waals surface area contributed by atoms with E-state index in [1.165, 1.54) is 11.1 Å². The van der Waals surface area contributed by atoms with Gasteiger partial charge in [-0.3, -0.25) is 0 Å². The number of hydrogen-bond donors (Lipinski definition) is 0. The number of ether oxygens (including phenoxy) is 3. The Balaban J connectivity index is 2.83. The van der Waals surface area contributed by atoms with Crippen LogP contribution >= 0.6 is 0 Å². The normalized spacial score (nSPS) is 14.0. The molecule has 2 unspecified atom stereocenters. The minimum atomic E-state index is -0.452. The van der Waals surface area contributed by atoms with Crippen LogP contribution in [-0.2, 0) is 24.4 Å². The van der Waals surface area contributed by atoms with E-state index in [9.17, 15) is 4.79 Å². The second kappa shape index (κ2) is 13.0. The second-order valence-corrected chi connectivity index (χ2v) is 8.98. The van der Waals surface area contributed by atoms with Gasteiger partial charge in [0.2, 0.25) is 0 Å². The fraction of sp³-hybridized carbons (Fsp3) is 0.414. The SMILES string of the molecule is C=C(C)C(=O)OCC(COC(/C=C\C(=C)C(C)(C)c1ccc(C)cc1)=C/C)OC(C)C(=C)C. The van der Waals surface area contributed by atoms with Gasteiger partial charge in [-0.25, -0.2) is 4.79 Å². The van der Waals surface area contributed by atoms with Gasteiger partial charge in [-0.2, -0.15) is 0 Å². The first-order valence-corrected chi connectivity index (χ1v) is 11.3. The molecule has 0 N–H and O–H groups in total. The van der Waals surface area contributed by atoms with E-state index in [-0.39, 0.29) is 24.7 Å². The van der Waals surface area contributed by atoms with E-state index in [2.05, 4.69) is 64.8 Å². The van der Waals surface area contributed by atoms with Crippen molar-refractivity contribution < 1.29 is 19.0 Å². The molecular formula is C29H40O4. The number of aryl methyl sites for hydroxylation is 1. The molecule has 0 aliphatic rings. The Morgan fingerprint density at radius 3 is 2.12 bits per heavy atom. The Morgan fingerprint density at radius 2 is 1.61 bits per heavy atom. The van der Waals surface area contributed by atoms with Crippen LogP contribution < -0.4 is 0 Å². The van der Waals surface area contributed by atoms with Crippen molar-refractivity contribution in [2.24, 2.45) is 0 Å². The second-order valence-electron chi connectivity index (χ2n) is 8.98. The van der Waals surface area contributed by atoms with E-state index in [1.807, 2.05) is 39.0 Å². The lowest BCUT2D eigenvalue weighted by Gasteiger charge is -2.26. The van der Waals surface area contributed by atoms with E-state index in [4.69, 9.17) is 14.2 Å². The lowest BCUT2D eigenvalue weighted by molar-refractivity contribution is -0.145. The van der Waals surface area contributed by atoms with Crippen molar-refractivity contribution in [2.75, 3.05) is 13.2 Å². The Bertz CT molecular complexity index is 900. The highest BCUT2D eigenvalue weighted by atomic mass is 16.6. The standard InChI is InChI=1S/C29H40O4/c1-11-26(17-14-23(7)29(9,10)25-15-12-22(6)13-16-25)31-18-27(33-24(8)20(2)3)19-32-28(30)21(4)5/h11-17,24,27H,2,4,7,18-19H2,1,3,5-6,8-10H3/b17-14-,26-11+. The molecule has 1 rings (SSSR count). The van der Waals surface area contributed by atoms with Crippen molar-refractivity contribution in [1.82, 2.24) is 0 Å². The number of allylic oxidation sites excluding steroid dienone is 4. The Kier molecular flexibility index (Phi) is 11.1. The summed E-state index contributed by atoms with van der Waals surface area (Å²) in [6, 6.07) is 8.50. The zero-order valence-electron chi connectivity index (χ0n) is 21.4. The number of esters is 1. The monoisotopic (exact) mass is 452 g/mol. The summed E-state index contributed by atoms with van der Waals surface area (Å²) in [6.45, 7) is 25.8. The largest absolute Gasteiger partial charge is 0.491 e. The van der Waals surface area contributed by atoms with Gasteiger partial charge in [0.15, 0.2) is 0 Å². The molecule has 0 aliphatic heterocycles. The summed E-state index contributed by atoms with van der Waals surface area (Å²) in [5, 5.41) is 0. The van der Waals surface area contributed by atoms with E-state index in [0.29, 0.717) is 11.3 Å². The molecule has 0 aromatic heterocycles. The van der Waals surface area contributed by atoms with Gasteiger partial charge in [-0.15, -0.1) is 0 Å². The summed E-state index contributed by atoms with van der Waals surface area (Å²) in [5.41, 5.74) is 4.40. The van der Waals surface area contributed by atoms with Crippen LogP contribution in [0, 0.1) is 6.92 Å². The van der Waals surface area contributed by atoms with Crippen LogP contribution in [0.25, 0.3) is 0 Å². The topological polar surface area (TPSA) is 44.8 Å². The number of carbonyl (C=O) groups excluding carboxylic acids is 1. The average molecular weight is 453 g/mol. The Labute approximate surface area is 200 Å². The van der Waals surface area contributed by atoms with Crippen LogP contribution in [-0.4, -0.2) is 31.4 Å². The molecule has 4 nitrogen and oxygen atoms in total. The van der Waals surface area contributed by atoms with Crippen molar-refractivity contribution in [1.29, 1.82) is 0 Å². The fourth-order valence-electron chi connectivity index (χ4n) is 2.79. The summed E-state index contributed by atoms with van der Waals surface area (Å²) < 4.78 is 17.2. The maximum atomic E-state index is 11.8. The predicted octanol–water partition coefficient (Wildman–Crippen LogP) is 6.77. The van der Waals surface area contributed by atoms with Gasteiger partial charge in [0.25, 0.3) is 0 Å². The third-order valence-corrected chi connectivity index (χ3v) is 5.58. The third-order valence-electron chi connectivity index (χ3n) is 5.58. The van der Waals surface area contributed by atoms with Gasteiger partial charge in [-0.05, 0) is 57.9 Å².